The maximum Gasteiger partial charge on any atom is 0.348 e. The summed E-state index contributed by atoms with van der Waals surface area (Å²) in [7, 11) is 1.41. The number of hydrogen-bond donors (Lipinski definition) is 0. The number of anilines is 1. The molecule has 0 atom stereocenters. The Kier molecular flexibility index (Phi) is 3.40. The zero-order valence-corrected chi connectivity index (χ0v) is 11.5. The van der Waals surface area contributed by atoms with Crippen molar-refractivity contribution in [2.24, 2.45) is 0 Å². The minimum atomic E-state index is -0.269. The van der Waals surface area contributed by atoms with Crippen LogP contribution in [0.1, 0.15) is 9.67 Å². The van der Waals surface area contributed by atoms with Crippen LogP contribution in [0, 0.1) is 0 Å². The van der Waals surface area contributed by atoms with Gasteiger partial charge in [0.15, 0.2) is 0 Å². The van der Waals surface area contributed by atoms with Crippen LogP contribution >= 0.6 is 11.3 Å². The van der Waals surface area contributed by atoms with Crippen LogP contribution < -0.4 is 4.90 Å². The number of ether oxygens (including phenoxy) is 2. The molecule has 0 radical (unpaired) electrons. The van der Waals surface area contributed by atoms with Crippen LogP contribution in [0.5, 0.6) is 0 Å². The molecule has 0 bridgehead atoms. The fourth-order valence-corrected chi connectivity index (χ4v) is 3.33. The quantitative estimate of drug-likeness (QED) is 0.791. The van der Waals surface area contributed by atoms with Gasteiger partial charge in [-0.3, -0.25) is 0 Å². The maximum absolute atomic E-state index is 11.6. The second-order valence-corrected chi connectivity index (χ2v) is 5.47. The molecule has 0 saturated carbocycles. The van der Waals surface area contributed by atoms with Crippen molar-refractivity contribution in [3.05, 3.63) is 29.1 Å². The van der Waals surface area contributed by atoms with Crippen LogP contribution in [0.25, 0.3) is 10.1 Å². The van der Waals surface area contributed by atoms with Crippen molar-refractivity contribution in [3.63, 3.8) is 0 Å². The third-order valence-electron chi connectivity index (χ3n) is 3.28. The predicted molar refractivity (Wildman–Crippen MR) is 76.2 cm³/mol. The molecular weight excluding hydrogens is 262 g/mol. The number of carbonyl (C=O) groups excluding carboxylic acids is 1. The summed E-state index contributed by atoms with van der Waals surface area (Å²) in [5.41, 5.74) is 1.17. The van der Waals surface area contributed by atoms with Crippen LogP contribution in [0.2, 0.25) is 0 Å². The molecule has 19 heavy (non-hydrogen) atoms. The monoisotopic (exact) mass is 277 g/mol. The molecule has 1 aromatic heterocycles. The van der Waals surface area contributed by atoms with Crippen LogP contribution in [0.3, 0.4) is 0 Å². The lowest BCUT2D eigenvalue weighted by atomic mass is 10.2. The first-order valence-electron chi connectivity index (χ1n) is 6.23. The lowest BCUT2D eigenvalue weighted by Gasteiger charge is -2.29. The van der Waals surface area contributed by atoms with Crippen molar-refractivity contribution in [3.8, 4) is 0 Å². The highest BCUT2D eigenvalue weighted by molar-refractivity contribution is 7.20. The largest absolute Gasteiger partial charge is 0.465 e. The van der Waals surface area contributed by atoms with E-state index in [-0.39, 0.29) is 5.97 Å². The van der Waals surface area contributed by atoms with E-state index in [1.54, 1.807) is 0 Å². The van der Waals surface area contributed by atoms with Gasteiger partial charge in [-0.15, -0.1) is 11.3 Å². The van der Waals surface area contributed by atoms with Crippen molar-refractivity contribution < 1.29 is 14.3 Å². The average Bonchev–Trinajstić information content (AvgIpc) is 2.91. The Labute approximate surface area is 115 Å². The van der Waals surface area contributed by atoms with Gasteiger partial charge in [-0.2, -0.15) is 0 Å². The van der Waals surface area contributed by atoms with Crippen molar-refractivity contribution in [1.29, 1.82) is 0 Å². The molecule has 0 N–H and O–H groups in total. The molecule has 0 aliphatic carbocycles. The Hall–Kier alpha value is -1.59. The summed E-state index contributed by atoms with van der Waals surface area (Å²) in [5, 5.41) is 1.12. The molecular formula is C14H15NO3S. The molecule has 1 aliphatic rings. The van der Waals surface area contributed by atoms with Gasteiger partial charge in [0, 0.05) is 28.9 Å². The minimum absolute atomic E-state index is 0.269. The third kappa shape index (κ3) is 2.31. The molecule has 1 fully saturated rings. The average molecular weight is 277 g/mol. The minimum Gasteiger partial charge on any atom is -0.465 e. The smallest absolute Gasteiger partial charge is 0.348 e. The summed E-state index contributed by atoms with van der Waals surface area (Å²) in [5.74, 6) is -0.269. The van der Waals surface area contributed by atoms with Crippen LogP contribution in [0.15, 0.2) is 24.3 Å². The second kappa shape index (κ2) is 5.19. The Morgan fingerprint density at radius 2 is 2.16 bits per heavy atom. The zero-order valence-electron chi connectivity index (χ0n) is 10.7. The van der Waals surface area contributed by atoms with Crippen molar-refractivity contribution >= 4 is 33.1 Å². The first-order valence-corrected chi connectivity index (χ1v) is 7.05. The molecule has 100 valence electrons. The highest BCUT2D eigenvalue weighted by Crippen LogP contribution is 2.34. The van der Waals surface area contributed by atoms with E-state index < -0.39 is 0 Å². The number of nitrogens with zero attached hydrogens (tertiary/aromatic N) is 1. The molecule has 2 heterocycles. The second-order valence-electron chi connectivity index (χ2n) is 4.39. The lowest BCUT2D eigenvalue weighted by molar-refractivity contribution is 0.0606. The Morgan fingerprint density at radius 1 is 1.37 bits per heavy atom. The molecule has 0 spiro atoms. The van der Waals surface area contributed by atoms with E-state index >= 15 is 0 Å². The van der Waals surface area contributed by atoms with Crippen molar-refractivity contribution in [2.75, 3.05) is 38.3 Å². The number of carbonyl (C=O) groups is 1. The van der Waals surface area contributed by atoms with Gasteiger partial charge in [0.2, 0.25) is 0 Å². The van der Waals surface area contributed by atoms with Crippen molar-refractivity contribution in [1.82, 2.24) is 0 Å². The zero-order chi connectivity index (χ0) is 13.2. The van der Waals surface area contributed by atoms with Crippen LogP contribution in [-0.2, 0) is 9.47 Å². The van der Waals surface area contributed by atoms with E-state index in [4.69, 9.17) is 9.47 Å². The third-order valence-corrected chi connectivity index (χ3v) is 4.36. The van der Waals surface area contributed by atoms with Crippen molar-refractivity contribution in [2.45, 2.75) is 0 Å². The predicted octanol–water partition coefficient (Wildman–Crippen LogP) is 2.52. The van der Waals surface area contributed by atoms with Crippen LogP contribution in [0.4, 0.5) is 5.69 Å². The fraction of sp³-hybridized carbons (Fsp3) is 0.357. The maximum atomic E-state index is 11.6. The SMILES string of the molecule is COC(=O)c1cc2c(N3CCOCC3)cccc2s1. The molecule has 5 heteroatoms. The Bertz CT molecular complexity index is 602. The molecule has 3 rings (SSSR count). The van der Waals surface area contributed by atoms with E-state index in [2.05, 4.69) is 11.0 Å². The fourth-order valence-electron chi connectivity index (χ4n) is 2.33. The number of methoxy groups -OCH3 is 1. The Morgan fingerprint density at radius 3 is 2.89 bits per heavy atom. The lowest BCUT2D eigenvalue weighted by Crippen LogP contribution is -2.36. The van der Waals surface area contributed by atoms with E-state index in [9.17, 15) is 4.79 Å². The normalized spacial score (nSPS) is 15.7. The van der Waals surface area contributed by atoms with Gasteiger partial charge in [-0.25, -0.2) is 4.79 Å². The number of esters is 1. The van der Waals surface area contributed by atoms with Gasteiger partial charge in [-0.1, -0.05) is 6.07 Å². The van der Waals surface area contributed by atoms with Gasteiger partial charge in [0.25, 0.3) is 0 Å². The van der Waals surface area contributed by atoms with Gasteiger partial charge >= 0.3 is 5.97 Å². The van der Waals surface area contributed by atoms with Gasteiger partial charge < -0.3 is 14.4 Å². The number of thiophene rings is 1. The summed E-state index contributed by atoms with van der Waals surface area (Å²) in [4.78, 5) is 14.6. The number of hydrogen-bond acceptors (Lipinski definition) is 5. The summed E-state index contributed by atoms with van der Waals surface area (Å²) in [6, 6.07) is 8.10. The van der Waals surface area contributed by atoms with E-state index in [0.29, 0.717) is 4.88 Å². The van der Waals surface area contributed by atoms with E-state index in [1.807, 2.05) is 18.2 Å². The van der Waals surface area contributed by atoms with E-state index in [0.717, 1.165) is 36.4 Å². The topological polar surface area (TPSA) is 38.8 Å². The Balaban J connectivity index is 2.04. The standard InChI is InChI=1S/C14H15NO3S/c1-17-14(16)13-9-10-11(3-2-4-12(10)19-13)15-5-7-18-8-6-15/h2-4,9H,5-8H2,1H3. The number of fused-ring (bicyclic) bond motifs is 1. The van der Waals surface area contributed by atoms with Gasteiger partial charge in [-0.05, 0) is 18.2 Å². The van der Waals surface area contributed by atoms with Crippen LogP contribution in [-0.4, -0.2) is 39.4 Å². The molecule has 1 aromatic carbocycles. The number of rotatable bonds is 2. The molecule has 1 saturated heterocycles. The van der Waals surface area contributed by atoms with E-state index in [1.165, 1.54) is 24.1 Å². The number of morpholine rings is 1. The van der Waals surface area contributed by atoms with Gasteiger partial charge in [0.05, 0.1) is 20.3 Å². The highest BCUT2D eigenvalue weighted by Gasteiger charge is 2.17. The molecule has 0 unspecified atom stereocenters. The molecule has 0 amide bonds. The molecule has 1 aliphatic heterocycles. The number of benzene rings is 1. The van der Waals surface area contributed by atoms with Gasteiger partial charge in [0.1, 0.15) is 4.88 Å². The summed E-state index contributed by atoms with van der Waals surface area (Å²) in [6.07, 6.45) is 0. The molecule has 2 aromatic rings. The summed E-state index contributed by atoms with van der Waals surface area (Å²) in [6.45, 7) is 3.29. The summed E-state index contributed by atoms with van der Waals surface area (Å²) < 4.78 is 11.3. The molecule has 4 nitrogen and oxygen atoms in total. The first-order chi connectivity index (χ1) is 9.29. The first kappa shape index (κ1) is 12.4. The summed E-state index contributed by atoms with van der Waals surface area (Å²) >= 11 is 1.48. The highest BCUT2D eigenvalue weighted by atomic mass is 32.1.